The van der Waals surface area contributed by atoms with Crippen molar-refractivity contribution in [3.05, 3.63) is 17.3 Å². The number of hydrogen-bond donors (Lipinski definition) is 1. The molecule has 0 aromatic carbocycles. The summed E-state index contributed by atoms with van der Waals surface area (Å²) in [5.41, 5.74) is 6.40. The minimum absolute atomic E-state index is 0.357. The number of aromatic nitrogens is 1. The Balaban J connectivity index is 2.85. The smallest absolute Gasteiger partial charge is 0.197 e. The Morgan fingerprint density at radius 3 is 2.58 bits per heavy atom. The summed E-state index contributed by atoms with van der Waals surface area (Å²) in [7, 11) is 0. The van der Waals surface area contributed by atoms with Gasteiger partial charge in [0, 0.05) is 12.3 Å². The first kappa shape index (κ1) is 9.26. The fourth-order valence-electron chi connectivity index (χ4n) is 1.06. The maximum absolute atomic E-state index is 5.53. The molecule has 1 aromatic rings. The molecule has 3 heteroatoms. The fraction of sp³-hybridized carbons (Fsp3) is 0.667. The lowest BCUT2D eigenvalue weighted by atomic mass is 10.2. The third kappa shape index (κ3) is 1.85. The van der Waals surface area contributed by atoms with Gasteiger partial charge in [0.25, 0.3) is 0 Å². The van der Waals surface area contributed by atoms with E-state index in [1.165, 1.54) is 0 Å². The molecule has 0 atom stereocenters. The van der Waals surface area contributed by atoms with E-state index in [0.717, 1.165) is 23.8 Å². The quantitative estimate of drug-likeness (QED) is 0.746. The van der Waals surface area contributed by atoms with Gasteiger partial charge in [-0.2, -0.15) is 0 Å². The van der Waals surface area contributed by atoms with Crippen molar-refractivity contribution in [1.82, 2.24) is 4.98 Å². The first-order valence-electron chi connectivity index (χ1n) is 4.31. The number of nitrogens with zero attached hydrogens (tertiary/aromatic N) is 1. The van der Waals surface area contributed by atoms with E-state index >= 15 is 0 Å². The van der Waals surface area contributed by atoms with Crippen LogP contribution in [0, 0.1) is 6.92 Å². The fourth-order valence-corrected chi connectivity index (χ4v) is 1.06. The van der Waals surface area contributed by atoms with Gasteiger partial charge in [0.15, 0.2) is 5.89 Å². The maximum atomic E-state index is 5.53. The largest absolute Gasteiger partial charge is 0.445 e. The number of nitrogens with two attached hydrogens (primary N) is 1. The second-order valence-corrected chi connectivity index (χ2v) is 3.25. The Kier molecular flexibility index (Phi) is 2.87. The van der Waals surface area contributed by atoms with Crippen molar-refractivity contribution in [1.29, 1.82) is 0 Å². The highest BCUT2D eigenvalue weighted by Crippen LogP contribution is 2.17. The topological polar surface area (TPSA) is 52.0 Å². The van der Waals surface area contributed by atoms with E-state index in [9.17, 15) is 0 Å². The molecule has 2 N–H and O–H groups in total. The lowest BCUT2D eigenvalue weighted by Gasteiger charge is -1.95. The molecule has 3 nitrogen and oxygen atoms in total. The molecular weight excluding hydrogens is 152 g/mol. The average Bonchev–Trinajstić information content (AvgIpc) is 2.34. The van der Waals surface area contributed by atoms with E-state index < -0.39 is 0 Å². The summed E-state index contributed by atoms with van der Waals surface area (Å²) in [5.74, 6) is 2.10. The van der Waals surface area contributed by atoms with Crippen molar-refractivity contribution < 1.29 is 4.42 Å². The van der Waals surface area contributed by atoms with Gasteiger partial charge in [-0.3, -0.25) is 0 Å². The standard InChI is InChI=1S/C9H16N2O/c1-6(2)9-11-7(3)8(12-9)4-5-10/h6H,4-5,10H2,1-3H3. The summed E-state index contributed by atoms with van der Waals surface area (Å²) >= 11 is 0. The monoisotopic (exact) mass is 168 g/mol. The second kappa shape index (κ2) is 3.72. The van der Waals surface area contributed by atoms with E-state index in [4.69, 9.17) is 10.2 Å². The normalized spacial score (nSPS) is 11.1. The number of aryl methyl sites for hydroxylation is 1. The Morgan fingerprint density at radius 2 is 2.17 bits per heavy atom. The molecule has 12 heavy (non-hydrogen) atoms. The van der Waals surface area contributed by atoms with Crippen LogP contribution in [0.4, 0.5) is 0 Å². The zero-order chi connectivity index (χ0) is 9.14. The zero-order valence-electron chi connectivity index (χ0n) is 7.92. The average molecular weight is 168 g/mol. The first-order valence-corrected chi connectivity index (χ1v) is 4.31. The molecule has 1 rings (SSSR count). The van der Waals surface area contributed by atoms with Crippen molar-refractivity contribution >= 4 is 0 Å². The summed E-state index contributed by atoms with van der Waals surface area (Å²) in [5, 5.41) is 0. The molecule has 0 fully saturated rings. The van der Waals surface area contributed by atoms with Gasteiger partial charge in [-0.15, -0.1) is 0 Å². The Hall–Kier alpha value is -0.830. The molecule has 1 aromatic heterocycles. The summed E-state index contributed by atoms with van der Waals surface area (Å²) in [6.45, 7) is 6.71. The minimum Gasteiger partial charge on any atom is -0.445 e. The van der Waals surface area contributed by atoms with Crippen LogP contribution in [0.1, 0.15) is 37.1 Å². The molecular formula is C9H16N2O. The van der Waals surface area contributed by atoms with E-state index in [-0.39, 0.29) is 0 Å². The summed E-state index contributed by atoms with van der Waals surface area (Å²) in [6.07, 6.45) is 0.783. The van der Waals surface area contributed by atoms with E-state index in [2.05, 4.69) is 18.8 Å². The van der Waals surface area contributed by atoms with Crippen LogP contribution in [0.3, 0.4) is 0 Å². The van der Waals surface area contributed by atoms with Crippen molar-refractivity contribution in [3.8, 4) is 0 Å². The predicted octanol–water partition coefficient (Wildman–Crippen LogP) is 1.61. The SMILES string of the molecule is Cc1nc(C(C)C)oc1CCN. The summed E-state index contributed by atoms with van der Waals surface area (Å²) in [4.78, 5) is 4.31. The predicted molar refractivity (Wildman–Crippen MR) is 48.1 cm³/mol. The van der Waals surface area contributed by atoms with Gasteiger partial charge in [-0.25, -0.2) is 4.98 Å². The van der Waals surface area contributed by atoms with Crippen molar-refractivity contribution in [2.45, 2.75) is 33.1 Å². The van der Waals surface area contributed by atoms with Crippen molar-refractivity contribution in [2.75, 3.05) is 6.54 Å². The molecule has 0 spiro atoms. The van der Waals surface area contributed by atoms with Gasteiger partial charge < -0.3 is 10.2 Å². The molecule has 0 aliphatic rings. The lowest BCUT2D eigenvalue weighted by Crippen LogP contribution is -2.02. The summed E-state index contributed by atoms with van der Waals surface area (Å²) in [6, 6.07) is 0. The molecule has 0 saturated carbocycles. The van der Waals surface area contributed by atoms with Crippen LogP contribution in [0.5, 0.6) is 0 Å². The Morgan fingerprint density at radius 1 is 1.50 bits per heavy atom. The molecule has 0 unspecified atom stereocenters. The molecule has 0 aliphatic heterocycles. The van der Waals surface area contributed by atoms with Gasteiger partial charge in [0.2, 0.25) is 0 Å². The first-order chi connectivity index (χ1) is 5.65. The lowest BCUT2D eigenvalue weighted by molar-refractivity contribution is 0.436. The van der Waals surface area contributed by atoms with E-state index in [1.54, 1.807) is 0 Å². The molecule has 0 aliphatic carbocycles. The van der Waals surface area contributed by atoms with E-state index in [0.29, 0.717) is 12.5 Å². The maximum Gasteiger partial charge on any atom is 0.197 e. The third-order valence-electron chi connectivity index (χ3n) is 1.77. The van der Waals surface area contributed by atoms with Crippen LogP contribution in [0.2, 0.25) is 0 Å². The van der Waals surface area contributed by atoms with Gasteiger partial charge in [-0.1, -0.05) is 13.8 Å². The highest BCUT2D eigenvalue weighted by molar-refractivity contribution is 5.09. The Labute approximate surface area is 73.0 Å². The highest BCUT2D eigenvalue weighted by Gasteiger charge is 2.10. The van der Waals surface area contributed by atoms with Crippen molar-refractivity contribution in [3.63, 3.8) is 0 Å². The van der Waals surface area contributed by atoms with Crippen LogP contribution < -0.4 is 5.73 Å². The van der Waals surface area contributed by atoms with Crippen LogP contribution in [-0.2, 0) is 6.42 Å². The van der Waals surface area contributed by atoms with Crippen LogP contribution >= 0.6 is 0 Å². The number of hydrogen-bond acceptors (Lipinski definition) is 3. The number of oxazole rings is 1. The molecule has 0 bridgehead atoms. The second-order valence-electron chi connectivity index (χ2n) is 3.25. The van der Waals surface area contributed by atoms with Gasteiger partial charge in [0.1, 0.15) is 5.76 Å². The van der Waals surface area contributed by atoms with Gasteiger partial charge in [-0.05, 0) is 13.5 Å². The van der Waals surface area contributed by atoms with Crippen LogP contribution in [0.15, 0.2) is 4.42 Å². The molecule has 68 valence electrons. The molecule has 0 radical (unpaired) electrons. The molecule has 0 saturated heterocycles. The summed E-state index contributed by atoms with van der Waals surface area (Å²) < 4.78 is 5.53. The van der Waals surface area contributed by atoms with Gasteiger partial charge in [0.05, 0.1) is 5.69 Å². The molecule has 1 heterocycles. The van der Waals surface area contributed by atoms with Crippen LogP contribution in [0.25, 0.3) is 0 Å². The minimum atomic E-state index is 0.357. The number of rotatable bonds is 3. The highest BCUT2D eigenvalue weighted by atomic mass is 16.4. The van der Waals surface area contributed by atoms with E-state index in [1.807, 2.05) is 6.92 Å². The van der Waals surface area contributed by atoms with Crippen molar-refractivity contribution in [2.24, 2.45) is 5.73 Å². The Bertz CT molecular complexity index is 253. The van der Waals surface area contributed by atoms with Crippen LogP contribution in [-0.4, -0.2) is 11.5 Å². The van der Waals surface area contributed by atoms with Gasteiger partial charge >= 0.3 is 0 Å². The molecule has 0 amide bonds. The third-order valence-corrected chi connectivity index (χ3v) is 1.77. The zero-order valence-corrected chi connectivity index (χ0v) is 7.92.